The third-order valence-electron chi connectivity index (χ3n) is 1.82. The highest BCUT2D eigenvalue weighted by molar-refractivity contribution is 6.30. The van der Waals surface area contributed by atoms with Gasteiger partial charge in [-0.1, -0.05) is 11.6 Å². The largest absolute Gasteiger partial charge is 0.497 e. The molecule has 0 aromatic heterocycles. The van der Waals surface area contributed by atoms with Crippen LogP contribution in [0.3, 0.4) is 0 Å². The molecule has 0 saturated carbocycles. The Kier molecular flexibility index (Phi) is 4.43. The molecule has 0 amide bonds. The Morgan fingerprint density at radius 2 is 2.13 bits per heavy atom. The quantitative estimate of drug-likeness (QED) is 0.743. The van der Waals surface area contributed by atoms with Crippen LogP contribution in [0.25, 0.3) is 0 Å². The molecule has 3 nitrogen and oxygen atoms in total. The van der Waals surface area contributed by atoms with Crippen molar-refractivity contribution in [2.45, 2.75) is 13.3 Å². The summed E-state index contributed by atoms with van der Waals surface area (Å²) in [6.07, 6.45) is 0.213. The van der Waals surface area contributed by atoms with Crippen LogP contribution in [-0.2, 0) is 16.0 Å². The molecule has 15 heavy (non-hydrogen) atoms. The molecule has 0 fully saturated rings. The lowest BCUT2D eigenvalue weighted by molar-refractivity contribution is -0.142. The van der Waals surface area contributed by atoms with Gasteiger partial charge >= 0.3 is 5.97 Å². The maximum Gasteiger partial charge on any atom is 0.310 e. The molecule has 0 spiro atoms. The molecule has 0 N–H and O–H groups in total. The maximum atomic E-state index is 11.2. The molecular formula is C11H13ClO3. The van der Waals surface area contributed by atoms with E-state index in [9.17, 15) is 4.79 Å². The van der Waals surface area contributed by atoms with Gasteiger partial charge in [0, 0.05) is 5.02 Å². The zero-order valence-electron chi connectivity index (χ0n) is 8.75. The summed E-state index contributed by atoms with van der Waals surface area (Å²) in [6, 6.07) is 5.18. The van der Waals surface area contributed by atoms with Gasteiger partial charge in [-0.25, -0.2) is 0 Å². The van der Waals surface area contributed by atoms with Gasteiger partial charge in [0.2, 0.25) is 0 Å². The second kappa shape index (κ2) is 5.61. The number of ether oxygens (including phenoxy) is 2. The van der Waals surface area contributed by atoms with E-state index >= 15 is 0 Å². The highest BCUT2D eigenvalue weighted by Gasteiger charge is 2.06. The van der Waals surface area contributed by atoms with Crippen LogP contribution in [0.4, 0.5) is 0 Å². The van der Waals surface area contributed by atoms with Crippen molar-refractivity contribution in [1.82, 2.24) is 0 Å². The zero-order valence-corrected chi connectivity index (χ0v) is 9.50. The minimum Gasteiger partial charge on any atom is -0.497 e. The molecule has 1 aromatic rings. The highest BCUT2D eigenvalue weighted by atomic mass is 35.5. The van der Waals surface area contributed by atoms with Crippen molar-refractivity contribution in [3.8, 4) is 5.75 Å². The van der Waals surface area contributed by atoms with Crippen LogP contribution in [-0.4, -0.2) is 19.7 Å². The monoisotopic (exact) mass is 228 g/mol. The van der Waals surface area contributed by atoms with Gasteiger partial charge < -0.3 is 9.47 Å². The first-order valence-electron chi connectivity index (χ1n) is 4.64. The minimum atomic E-state index is -0.262. The first-order valence-corrected chi connectivity index (χ1v) is 5.02. The third kappa shape index (κ3) is 3.80. The fourth-order valence-electron chi connectivity index (χ4n) is 1.22. The summed E-state index contributed by atoms with van der Waals surface area (Å²) in [5, 5.41) is 0.550. The van der Waals surface area contributed by atoms with Crippen LogP contribution in [0.15, 0.2) is 18.2 Å². The van der Waals surface area contributed by atoms with E-state index in [0.717, 1.165) is 5.56 Å². The summed E-state index contributed by atoms with van der Waals surface area (Å²) in [7, 11) is 1.56. The van der Waals surface area contributed by atoms with Gasteiger partial charge in [-0.15, -0.1) is 0 Å². The Labute approximate surface area is 93.9 Å². The van der Waals surface area contributed by atoms with Gasteiger partial charge in [-0.3, -0.25) is 4.79 Å². The smallest absolute Gasteiger partial charge is 0.310 e. The predicted molar refractivity (Wildman–Crippen MR) is 58.3 cm³/mol. The molecule has 0 aliphatic heterocycles. The number of methoxy groups -OCH3 is 1. The Morgan fingerprint density at radius 1 is 1.40 bits per heavy atom. The normalized spacial score (nSPS) is 9.80. The van der Waals surface area contributed by atoms with Crippen LogP contribution in [0, 0.1) is 0 Å². The summed E-state index contributed by atoms with van der Waals surface area (Å²) >= 11 is 5.86. The lowest BCUT2D eigenvalue weighted by Crippen LogP contribution is -2.07. The van der Waals surface area contributed by atoms with Crippen molar-refractivity contribution < 1.29 is 14.3 Å². The van der Waals surface area contributed by atoms with Crippen LogP contribution >= 0.6 is 11.6 Å². The first-order chi connectivity index (χ1) is 7.15. The second-order valence-corrected chi connectivity index (χ2v) is 3.42. The highest BCUT2D eigenvalue weighted by Crippen LogP contribution is 2.21. The van der Waals surface area contributed by atoms with Crippen LogP contribution in [0.2, 0.25) is 5.02 Å². The zero-order chi connectivity index (χ0) is 11.3. The van der Waals surface area contributed by atoms with Crippen molar-refractivity contribution >= 4 is 17.6 Å². The molecule has 0 saturated heterocycles. The summed E-state index contributed by atoms with van der Waals surface area (Å²) in [5.74, 6) is 0.378. The fourth-order valence-corrected chi connectivity index (χ4v) is 1.47. The lowest BCUT2D eigenvalue weighted by atomic mass is 10.1. The average Bonchev–Trinajstić information content (AvgIpc) is 2.17. The molecule has 0 unspecified atom stereocenters. The molecule has 82 valence electrons. The topological polar surface area (TPSA) is 35.5 Å². The summed E-state index contributed by atoms with van der Waals surface area (Å²) in [6.45, 7) is 2.16. The van der Waals surface area contributed by atoms with E-state index in [-0.39, 0.29) is 12.4 Å². The summed E-state index contributed by atoms with van der Waals surface area (Å²) < 4.78 is 9.88. The Hall–Kier alpha value is -1.22. The number of carbonyl (C=O) groups is 1. The van der Waals surface area contributed by atoms with E-state index in [0.29, 0.717) is 17.4 Å². The van der Waals surface area contributed by atoms with E-state index in [4.69, 9.17) is 21.1 Å². The number of carbonyl (C=O) groups excluding carboxylic acids is 1. The number of rotatable bonds is 4. The lowest BCUT2D eigenvalue weighted by Gasteiger charge is -2.05. The van der Waals surface area contributed by atoms with Gasteiger partial charge in [0.1, 0.15) is 5.75 Å². The van der Waals surface area contributed by atoms with Gasteiger partial charge in [-0.2, -0.15) is 0 Å². The Morgan fingerprint density at radius 3 is 2.73 bits per heavy atom. The number of hydrogen-bond acceptors (Lipinski definition) is 3. The Bertz CT molecular complexity index is 350. The van der Waals surface area contributed by atoms with Crippen molar-refractivity contribution in [3.05, 3.63) is 28.8 Å². The molecule has 0 aliphatic carbocycles. The number of halogens is 1. The van der Waals surface area contributed by atoms with E-state index in [2.05, 4.69) is 0 Å². The molecule has 0 atom stereocenters. The average molecular weight is 229 g/mol. The maximum absolute atomic E-state index is 11.2. The molecule has 1 aromatic carbocycles. The van der Waals surface area contributed by atoms with Gasteiger partial charge in [0.05, 0.1) is 20.1 Å². The Balaban J connectivity index is 2.76. The van der Waals surface area contributed by atoms with Crippen molar-refractivity contribution in [2.75, 3.05) is 13.7 Å². The molecule has 0 heterocycles. The van der Waals surface area contributed by atoms with Crippen molar-refractivity contribution in [2.24, 2.45) is 0 Å². The first kappa shape index (κ1) is 11.9. The molecule has 1 rings (SSSR count). The predicted octanol–water partition coefficient (Wildman–Crippen LogP) is 2.45. The van der Waals surface area contributed by atoms with Crippen molar-refractivity contribution in [1.29, 1.82) is 0 Å². The number of esters is 1. The molecule has 0 radical (unpaired) electrons. The third-order valence-corrected chi connectivity index (χ3v) is 2.04. The van der Waals surface area contributed by atoms with E-state index < -0.39 is 0 Å². The summed E-state index contributed by atoms with van der Waals surface area (Å²) in [4.78, 5) is 11.2. The molecular weight excluding hydrogens is 216 g/mol. The fraction of sp³-hybridized carbons (Fsp3) is 0.364. The van der Waals surface area contributed by atoms with E-state index in [1.807, 2.05) is 0 Å². The van der Waals surface area contributed by atoms with Gasteiger partial charge in [-0.05, 0) is 30.7 Å². The number of benzene rings is 1. The van der Waals surface area contributed by atoms with Crippen LogP contribution in [0.1, 0.15) is 12.5 Å². The van der Waals surface area contributed by atoms with Crippen LogP contribution < -0.4 is 4.74 Å². The van der Waals surface area contributed by atoms with Gasteiger partial charge in [0.15, 0.2) is 0 Å². The molecule has 0 aliphatic rings. The molecule has 4 heteroatoms. The van der Waals surface area contributed by atoms with Gasteiger partial charge in [0.25, 0.3) is 0 Å². The van der Waals surface area contributed by atoms with Crippen LogP contribution in [0.5, 0.6) is 5.75 Å². The second-order valence-electron chi connectivity index (χ2n) is 2.98. The molecule has 0 bridgehead atoms. The standard InChI is InChI=1S/C11H13ClO3/c1-3-15-11(13)6-8-4-9(12)7-10(5-8)14-2/h4-5,7H,3,6H2,1-2H3. The number of hydrogen-bond donors (Lipinski definition) is 0. The SMILES string of the molecule is CCOC(=O)Cc1cc(Cl)cc(OC)c1. The van der Waals surface area contributed by atoms with E-state index in [1.165, 1.54) is 0 Å². The minimum absolute atomic E-state index is 0.213. The summed E-state index contributed by atoms with van der Waals surface area (Å²) in [5.41, 5.74) is 0.790. The van der Waals surface area contributed by atoms with Crippen molar-refractivity contribution in [3.63, 3.8) is 0 Å². The van der Waals surface area contributed by atoms with E-state index in [1.54, 1.807) is 32.2 Å².